The Balaban J connectivity index is 3.03. The van der Waals surface area contributed by atoms with Crippen molar-refractivity contribution in [3.8, 4) is 5.75 Å². The molecule has 0 aliphatic rings. The topological polar surface area (TPSA) is 76.7 Å². The summed E-state index contributed by atoms with van der Waals surface area (Å²) in [6.07, 6.45) is 1.09. The summed E-state index contributed by atoms with van der Waals surface area (Å²) in [5.41, 5.74) is 0.666. The number of carbonyl (C=O) groups excluding carboxylic acids is 2. The van der Waals surface area contributed by atoms with Crippen molar-refractivity contribution in [3.05, 3.63) is 36.0 Å². The molecule has 0 saturated carbocycles. The molecule has 1 amide bonds. The number of benzene rings is 1. The number of anilines is 1. The molecule has 1 aromatic carbocycles. The van der Waals surface area contributed by atoms with E-state index in [9.17, 15) is 9.59 Å². The minimum atomic E-state index is -0.617. The standard InChI is InChI=1S/C14H18N2O4/c1-4-15-14(18)11(9-13(17)20-3)16-10-7-5-6-8-12(10)19-2/h5-9,16H,4H2,1-3H3,(H,15,18)/b11-9-. The van der Waals surface area contributed by atoms with Gasteiger partial charge < -0.3 is 20.1 Å². The second-order valence-corrected chi connectivity index (χ2v) is 3.77. The molecular formula is C14H18N2O4. The molecule has 0 aliphatic carbocycles. The van der Waals surface area contributed by atoms with Crippen LogP contribution < -0.4 is 15.4 Å². The fraction of sp³-hybridized carbons (Fsp3) is 0.286. The molecule has 0 spiro atoms. The number of para-hydroxylation sites is 2. The van der Waals surface area contributed by atoms with Crippen LogP contribution in [-0.2, 0) is 14.3 Å². The highest BCUT2D eigenvalue weighted by molar-refractivity contribution is 6.01. The van der Waals surface area contributed by atoms with E-state index >= 15 is 0 Å². The van der Waals surface area contributed by atoms with E-state index in [-0.39, 0.29) is 5.70 Å². The van der Waals surface area contributed by atoms with Gasteiger partial charge in [0, 0.05) is 6.54 Å². The molecule has 0 saturated heterocycles. The Bertz CT molecular complexity index is 512. The van der Waals surface area contributed by atoms with Gasteiger partial charge in [-0.25, -0.2) is 4.79 Å². The second kappa shape index (κ2) is 7.83. The summed E-state index contributed by atoms with van der Waals surface area (Å²) in [6, 6.07) is 7.08. The third-order valence-corrected chi connectivity index (χ3v) is 2.42. The van der Waals surface area contributed by atoms with Crippen molar-refractivity contribution >= 4 is 17.6 Å². The summed E-state index contributed by atoms with van der Waals surface area (Å²) in [5.74, 6) is -0.454. The van der Waals surface area contributed by atoms with Gasteiger partial charge in [-0.3, -0.25) is 4.79 Å². The number of hydrogen-bond donors (Lipinski definition) is 2. The Morgan fingerprint density at radius 2 is 1.95 bits per heavy atom. The van der Waals surface area contributed by atoms with Gasteiger partial charge >= 0.3 is 5.97 Å². The van der Waals surface area contributed by atoms with E-state index in [1.807, 2.05) is 0 Å². The minimum Gasteiger partial charge on any atom is -0.495 e. The maximum Gasteiger partial charge on any atom is 0.332 e. The monoisotopic (exact) mass is 278 g/mol. The molecule has 0 aromatic heterocycles. The average Bonchev–Trinajstić information content (AvgIpc) is 2.47. The van der Waals surface area contributed by atoms with Crippen molar-refractivity contribution in [1.29, 1.82) is 0 Å². The highest BCUT2D eigenvalue weighted by Crippen LogP contribution is 2.24. The largest absolute Gasteiger partial charge is 0.495 e. The van der Waals surface area contributed by atoms with Crippen molar-refractivity contribution in [1.82, 2.24) is 5.32 Å². The highest BCUT2D eigenvalue weighted by Gasteiger charge is 2.13. The average molecular weight is 278 g/mol. The first-order valence-electron chi connectivity index (χ1n) is 6.10. The Labute approximate surface area is 117 Å². The number of ether oxygens (including phenoxy) is 2. The highest BCUT2D eigenvalue weighted by atomic mass is 16.5. The molecule has 0 aliphatic heterocycles. The number of hydrogen-bond acceptors (Lipinski definition) is 5. The van der Waals surface area contributed by atoms with E-state index in [2.05, 4.69) is 15.4 Å². The van der Waals surface area contributed by atoms with E-state index in [4.69, 9.17) is 4.74 Å². The van der Waals surface area contributed by atoms with Gasteiger partial charge in [0.1, 0.15) is 11.4 Å². The normalized spacial score (nSPS) is 10.7. The fourth-order valence-corrected chi connectivity index (χ4v) is 1.48. The van der Waals surface area contributed by atoms with Crippen molar-refractivity contribution in [2.75, 3.05) is 26.1 Å². The van der Waals surface area contributed by atoms with E-state index in [1.165, 1.54) is 14.2 Å². The molecule has 0 heterocycles. The molecule has 108 valence electrons. The number of esters is 1. The lowest BCUT2D eigenvalue weighted by Crippen LogP contribution is -2.28. The maximum absolute atomic E-state index is 11.9. The van der Waals surface area contributed by atoms with E-state index < -0.39 is 11.9 Å². The molecule has 1 rings (SSSR count). The lowest BCUT2D eigenvalue weighted by Gasteiger charge is -2.13. The first-order chi connectivity index (χ1) is 9.62. The Hall–Kier alpha value is -2.50. The quantitative estimate of drug-likeness (QED) is 0.606. The summed E-state index contributed by atoms with van der Waals surface area (Å²) >= 11 is 0. The molecule has 0 atom stereocenters. The third kappa shape index (κ3) is 4.31. The smallest absolute Gasteiger partial charge is 0.332 e. The first kappa shape index (κ1) is 15.6. The molecule has 20 heavy (non-hydrogen) atoms. The Morgan fingerprint density at radius 3 is 2.55 bits per heavy atom. The van der Waals surface area contributed by atoms with Crippen LogP contribution in [0, 0.1) is 0 Å². The molecule has 0 bridgehead atoms. The number of methoxy groups -OCH3 is 2. The molecule has 0 unspecified atom stereocenters. The molecule has 2 N–H and O–H groups in total. The van der Waals surface area contributed by atoms with Crippen LogP contribution in [0.2, 0.25) is 0 Å². The number of carbonyl (C=O) groups is 2. The van der Waals surface area contributed by atoms with Gasteiger partial charge in [0.05, 0.1) is 26.0 Å². The van der Waals surface area contributed by atoms with Crippen LogP contribution in [0.15, 0.2) is 36.0 Å². The van der Waals surface area contributed by atoms with Gasteiger partial charge in [-0.05, 0) is 19.1 Å². The predicted octanol–water partition coefficient (Wildman–Crippen LogP) is 1.30. The lowest BCUT2D eigenvalue weighted by atomic mass is 10.2. The minimum absolute atomic E-state index is 0.0863. The lowest BCUT2D eigenvalue weighted by molar-refractivity contribution is -0.135. The van der Waals surface area contributed by atoms with Crippen molar-refractivity contribution in [3.63, 3.8) is 0 Å². The summed E-state index contributed by atoms with van der Waals surface area (Å²) in [4.78, 5) is 23.2. The summed E-state index contributed by atoms with van der Waals surface area (Å²) in [5, 5.41) is 5.49. The second-order valence-electron chi connectivity index (χ2n) is 3.77. The molecule has 0 radical (unpaired) electrons. The van der Waals surface area contributed by atoms with Crippen molar-refractivity contribution < 1.29 is 19.1 Å². The Morgan fingerprint density at radius 1 is 1.25 bits per heavy atom. The van der Waals surface area contributed by atoms with Crippen LogP contribution in [0.1, 0.15) is 6.92 Å². The van der Waals surface area contributed by atoms with Gasteiger partial charge in [0.2, 0.25) is 0 Å². The van der Waals surface area contributed by atoms with Crippen LogP contribution in [-0.4, -0.2) is 32.6 Å². The Kier molecular flexibility index (Phi) is 6.09. The molecule has 6 nitrogen and oxygen atoms in total. The maximum atomic E-state index is 11.9. The molecular weight excluding hydrogens is 260 g/mol. The summed E-state index contributed by atoms with van der Waals surface area (Å²) in [7, 11) is 2.77. The van der Waals surface area contributed by atoms with Crippen molar-refractivity contribution in [2.24, 2.45) is 0 Å². The summed E-state index contributed by atoms with van der Waals surface area (Å²) < 4.78 is 9.72. The third-order valence-electron chi connectivity index (χ3n) is 2.42. The first-order valence-corrected chi connectivity index (χ1v) is 6.10. The van der Waals surface area contributed by atoms with Crippen LogP contribution in [0.25, 0.3) is 0 Å². The van der Waals surface area contributed by atoms with Gasteiger partial charge in [0.25, 0.3) is 5.91 Å². The van der Waals surface area contributed by atoms with Crippen molar-refractivity contribution in [2.45, 2.75) is 6.92 Å². The van der Waals surface area contributed by atoms with E-state index in [1.54, 1.807) is 31.2 Å². The van der Waals surface area contributed by atoms with Crippen LogP contribution in [0.4, 0.5) is 5.69 Å². The number of amides is 1. The number of likely N-dealkylation sites (N-methyl/N-ethyl adjacent to an activating group) is 1. The number of nitrogens with one attached hydrogen (secondary N) is 2. The zero-order valence-corrected chi connectivity index (χ0v) is 11.7. The van der Waals surface area contributed by atoms with Gasteiger partial charge in [-0.2, -0.15) is 0 Å². The molecule has 6 heteroatoms. The SMILES string of the molecule is CCNC(=O)/C(=C/C(=O)OC)Nc1ccccc1OC. The zero-order valence-electron chi connectivity index (χ0n) is 11.7. The van der Waals surface area contributed by atoms with Crippen LogP contribution in [0.5, 0.6) is 5.75 Å². The van der Waals surface area contributed by atoms with Gasteiger partial charge in [-0.1, -0.05) is 12.1 Å². The molecule has 1 aromatic rings. The number of rotatable bonds is 6. The van der Waals surface area contributed by atoms with E-state index in [0.717, 1.165) is 6.08 Å². The summed E-state index contributed by atoms with van der Waals surface area (Å²) in [6.45, 7) is 2.24. The fourth-order valence-electron chi connectivity index (χ4n) is 1.48. The van der Waals surface area contributed by atoms with Crippen LogP contribution in [0.3, 0.4) is 0 Å². The van der Waals surface area contributed by atoms with E-state index in [0.29, 0.717) is 18.0 Å². The molecule has 0 fully saturated rings. The van der Waals surface area contributed by atoms with Gasteiger partial charge in [0.15, 0.2) is 0 Å². The van der Waals surface area contributed by atoms with Crippen LogP contribution >= 0.6 is 0 Å². The zero-order chi connectivity index (χ0) is 15.0. The van der Waals surface area contributed by atoms with Gasteiger partial charge in [-0.15, -0.1) is 0 Å². The predicted molar refractivity (Wildman–Crippen MR) is 75.4 cm³/mol.